The first-order valence-electron chi connectivity index (χ1n) is 25.0. The quantitative estimate of drug-likeness (QED) is 0.106. The summed E-state index contributed by atoms with van der Waals surface area (Å²) >= 11 is 0. The van der Waals surface area contributed by atoms with Gasteiger partial charge in [0.25, 0.3) is 0 Å². The zero-order valence-electron chi connectivity index (χ0n) is 43.2. The SMILES string of the molecule is C=C/C=C\c1c(C)c2cc(-c3ccc(C)cc3)ccc2n1-c1cc(Nc2ccccc2C(/C=C\C)=C(\C)N)cc(-c2c3ccccc3c(-c3ccccc3)c3ccccc23)c1.CC.CC.CC.CC. The molecule has 8 aromatic carbocycles. The smallest absolute Gasteiger partial charge is 0.0538 e. The molecule has 9 rings (SSSR count). The topological polar surface area (TPSA) is 43.0 Å². The maximum Gasteiger partial charge on any atom is 0.0538 e. The summed E-state index contributed by atoms with van der Waals surface area (Å²) in [6.45, 7) is 28.4. The zero-order valence-corrected chi connectivity index (χ0v) is 43.2. The molecule has 3 N–H and O–H groups in total. The number of hydrogen-bond donors (Lipinski definition) is 2. The lowest BCUT2D eigenvalue weighted by Crippen LogP contribution is -2.03. The Morgan fingerprint density at radius 1 is 0.551 bits per heavy atom. The van der Waals surface area contributed by atoms with E-state index < -0.39 is 0 Å². The fourth-order valence-electron chi connectivity index (χ4n) is 8.92. The number of nitrogens with two attached hydrogens (primary N) is 1. The Balaban J connectivity index is 0.00000106. The minimum Gasteiger partial charge on any atom is -0.402 e. The predicted molar refractivity (Wildman–Crippen MR) is 310 cm³/mol. The van der Waals surface area contributed by atoms with Crippen LogP contribution in [0.2, 0.25) is 0 Å². The molecule has 0 fully saturated rings. The second kappa shape index (κ2) is 25.5. The number of benzene rings is 8. The number of nitrogens with zero attached hydrogens (tertiary/aromatic N) is 1. The maximum atomic E-state index is 6.53. The molecule has 0 aliphatic heterocycles. The number of nitrogens with one attached hydrogen (secondary N) is 1. The number of aromatic nitrogens is 1. The number of hydrogen-bond acceptors (Lipinski definition) is 2. The number of allylic oxidation sites excluding steroid dienone is 6. The van der Waals surface area contributed by atoms with Crippen LogP contribution < -0.4 is 11.1 Å². The molecular formula is C66H73N3. The highest BCUT2D eigenvalue weighted by Gasteiger charge is 2.21. The van der Waals surface area contributed by atoms with Crippen molar-refractivity contribution in [2.45, 2.75) is 83.1 Å². The largest absolute Gasteiger partial charge is 0.402 e. The van der Waals surface area contributed by atoms with Crippen molar-refractivity contribution in [3.8, 4) is 39.1 Å². The monoisotopic (exact) mass is 908 g/mol. The van der Waals surface area contributed by atoms with Crippen molar-refractivity contribution in [3.63, 3.8) is 0 Å². The minimum atomic E-state index is 0.760. The van der Waals surface area contributed by atoms with Crippen LogP contribution in [-0.2, 0) is 0 Å². The van der Waals surface area contributed by atoms with Gasteiger partial charge in [-0.3, -0.25) is 0 Å². The second-order valence-corrected chi connectivity index (χ2v) is 15.8. The molecule has 0 radical (unpaired) electrons. The third kappa shape index (κ3) is 11.2. The summed E-state index contributed by atoms with van der Waals surface area (Å²) in [5.74, 6) is 0. The third-order valence-corrected chi connectivity index (χ3v) is 11.8. The van der Waals surface area contributed by atoms with Gasteiger partial charge in [-0.05, 0) is 131 Å². The van der Waals surface area contributed by atoms with Gasteiger partial charge in [0.05, 0.1) is 5.52 Å². The molecule has 0 saturated heterocycles. The van der Waals surface area contributed by atoms with Crippen LogP contribution in [0.1, 0.15) is 91.6 Å². The Morgan fingerprint density at radius 2 is 1.09 bits per heavy atom. The number of aryl methyl sites for hydroxylation is 2. The van der Waals surface area contributed by atoms with Gasteiger partial charge in [-0.15, -0.1) is 0 Å². The van der Waals surface area contributed by atoms with Crippen molar-refractivity contribution in [2.24, 2.45) is 5.73 Å². The Morgan fingerprint density at radius 3 is 1.65 bits per heavy atom. The summed E-state index contributed by atoms with van der Waals surface area (Å²) in [4.78, 5) is 0. The van der Waals surface area contributed by atoms with Gasteiger partial charge in [0.1, 0.15) is 0 Å². The Bertz CT molecular complexity index is 3150. The Kier molecular flexibility index (Phi) is 19.3. The summed E-state index contributed by atoms with van der Waals surface area (Å²) in [6, 6.07) is 59.5. The molecule has 0 saturated carbocycles. The third-order valence-electron chi connectivity index (χ3n) is 11.8. The number of rotatable bonds is 10. The molecular weight excluding hydrogens is 835 g/mol. The summed E-state index contributed by atoms with van der Waals surface area (Å²) in [5, 5.41) is 9.93. The van der Waals surface area contributed by atoms with Gasteiger partial charge < -0.3 is 15.6 Å². The molecule has 3 nitrogen and oxygen atoms in total. The van der Waals surface area contributed by atoms with Crippen molar-refractivity contribution in [2.75, 3.05) is 5.32 Å². The number of para-hydroxylation sites is 1. The van der Waals surface area contributed by atoms with Gasteiger partial charge in [0.2, 0.25) is 0 Å². The summed E-state index contributed by atoms with van der Waals surface area (Å²) in [5.41, 5.74) is 24.1. The van der Waals surface area contributed by atoms with Crippen LogP contribution in [0.4, 0.5) is 11.4 Å². The van der Waals surface area contributed by atoms with Gasteiger partial charge >= 0.3 is 0 Å². The average molecular weight is 908 g/mol. The number of anilines is 2. The molecule has 1 heterocycles. The van der Waals surface area contributed by atoms with Crippen LogP contribution in [0, 0.1) is 13.8 Å². The number of fused-ring (bicyclic) bond motifs is 3. The first kappa shape index (κ1) is 52.4. The molecule has 0 atom stereocenters. The molecule has 3 heteroatoms. The van der Waals surface area contributed by atoms with Gasteiger partial charge in [-0.25, -0.2) is 0 Å². The van der Waals surface area contributed by atoms with Gasteiger partial charge in [-0.1, -0.05) is 219 Å². The van der Waals surface area contributed by atoms with E-state index in [9.17, 15) is 0 Å². The van der Waals surface area contributed by atoms with Gasteiger partial charge in [0, 0.05) is 45.0 Å². The normalized spacial score (nSPS) is 11.1. The molecule has 0 spiro atoms. The van der Waals surface area contributed by atoms with Crippen LogP contribution >= 0.6 is 0 Å². The van der Waals surface area contributed by atoms with E-state index >= 15 is 0 Å². The van der Waals surface area contributed by atoms with Crippen LogP contribution in [0.5, 0.6) is 0 Å². The molecule has 0 amide bonds. The highest BCUT2D eigenvalue weighted by Crippen LogP contribution is 2.45. The maximum absolute atomic E-state index is 6.53. The minimum absolute atomic E-state index is 0.760. The Labute approximate surface area is 414 Å². The van der Waals surface area contributed by atoms with E-state index in [1.54, 1.807) is 0 Å². The summed E-state index contributed by atoms with van der Waals surface area (Å²) in [6.07, 6.45) is 10.2. The fourth-order valence-corrected chi connectivity index (χ4v) is 8.92. The second-order valence-electron chi connectivity index (χ2n) is 15.8. The average Bonchev–Trinajstić information content (AvgIpc) is 3.69. The molecule has 1 aromatic heterocycles. The van der Waals surface area contributed by atoms with Gasteiger partial charge in [0.15, 0.2) is 0 Å². The summed E-state index contributed by atoms with van der Waals surface area (Å²) < 4.78 is 2.40. The van der Waals surface area contributed by atoms with Crippen LogP contribution in [0.25, 0.3) is 83.2 Å². The highest BCUT2D eigenvalue weighted by molar-refractivity contribution is 6.21. The van der Waals surface area contributed by atoms with E-state index in [0.29, 0.717) is 0 Å². The van der Waals surface area contributed by atoms with Crippen molar-refractivity contribution in [3.05, 3.63) is 223 Å². The van der Waals surface area contributed by atoms with E-state index in [4.69, 9.17) is 5.73 Å². The van der Waals surface area contributed by atoms with E-state index in [1.165, 1.54) is 65.9 Å². The first-order valence-corrected chi connectivity index (χ1v) is 25.0. The molecule has 0 aliphatic carbocycles. The van der Waals surface area contributed by atoms with Crippen molar-refractivity contribution in [1.29, 1.82) is 0 Å². The van der Waals surface area contributed by atoms with Crippen LogP contribution in [-0.4, -0.2) is 4.57 Å². The molecule has 0 bridgehead atoms. The molecule has 9 aromatic rings. The van der Waals surface area contributed by atoms with Crippen LogP contribution in [0.3, 0.4) is 0 Å². The standard InChI is InChI=1S/C58H49N3.4C2H6/c1-6-8-27-55-39(4)53-36-43(41-30-28-38(3)29-31-41)32-33-56(53)61(55)46-35-44(34-45(37-46)60-54-26-17-16-21-48(54)47(18-7-2)40(5)59)58-51-24-14-12-22-49(51)57(42-19-10-9-11-20-42)50-23-13-15-25-52(50)58;4*1-2/h6-37,60H,1,59H2,2-5H3;4*1-2H3/b18-7-,27-8-,47-40+;;;;. The molecule has 0 aliphatic rings. The molecule has 69 heavy (non-hydrogen) atoms. The van der Waals surface area contributed by atoms with Crippen molar-refractivity contribution in [1.82, 2.24) is 4.57 Å². The van der Waals surface area contributed by atoms with E-state index in [2.05, 4.69) is 206 Å². The Hall–Kier alpha value is -7.62. The van der Waals surface area contributed by atoms with Crippen molar-refractivity contribution < 1.29 is 0 Å². The lowest BCUT2D eigenvalue weighted by atomic mass is 9.86. The fraction of sp³-hybridized carbons (Fsp3) is 0.182. The molecule has 0 unspecified atom stereocenters. The zero-order chi connectivity index (χ0) is 50.0. The van der Waals surface area contributed by atoms with Crippen molar-refractivity contribution >= 4 is 55.5 Å². The predicted octanol–water partition coefficient (Wildman–Crippen LogP) is 19.9. The summed E-state index contributed by atoms with van der Waals surface area (Å²) in [7, 11) is 0. The molecule has 352 valence electrons. The van der Waals surface area contributed by atoms with E-state index in [0.717, 1.165) is 50.7 Å². The van der Waals surface area contributed by atoms with E-state index in [-0.39, 0.29) is 0 Å². The van der Waals surface area contributed by atoms with E-state index in [1.807, 2.05) is 87.5 Å². The van der Waals surface area contributed by atoms with Crippen LogP contribution in [0.15, 0.2) is 200 Å². The first-order chi connectivity index (χ1) is 33.8. The lowest BCUT2D eigenvalue weighted by Gasteiger charge is -2.21. The van der Waals surface area contributed by atoms with Gasteiger partial charge in [-0.2, -0.15) is 0 Å². The lowest BCUT2D eigenvalue weighted by molar-refractivity contribution is 1.10. The highest BCUT2D eigenvalue weighted by atomic mass is 15.0.